The summed E-state index contributed by atoms with van der Waals surface area (Å²) >= 11 is 1.73. The minimum atomic E-state index is -0.304. The first-order valence-corrected chi connectivity index (χ1v) is 8.48. The predicted molar refractivity (Wildman–Crippen MR) is 87.3 cm³/mol. The summed E-state index contributed by atoms with van der Waals surface area (Å²) in [5, 5.41) is 3.09. The van der Waals surface area contributed by atoms with E-state index in [2.05, 4.69) is 17.2 Å². The molecule has 22 heavy (non-hydrogen) atoms. The van der Waals surface area contributed by atoms with E-state index in [0.29, 0.717) is 25.5 Å². The minimum absolute atomic E-state index is 0.0463. The van der Waals surface area contributed by atoms with Crippen molar-refractivity contribution in [1.29, 1.82) is 0 Å². The van der Waals surface area contributed by atoms with Gasteiger partial charge >= 0.3 is 0 Å². The third-order valence-corrected chi connectivity index (χ3v) is 5.27. The summed E-state index contributed by atoms with van der Waals surface area (Å²) in [6, 6.07) is 5.92. The summed E-state index contributed by atoms with van der Waals surface area (Å²) in [6.07, 6.45) is 0. The van der Waals surface area contributed by atoms with Gasteiger partial charge in [-0.25, -0.2) is 0 Å². The Labute approximate surface area is 135 Å². The van der Waals surface area contributed by atoms with Gasteiger partial charge in [0, 0.05) is 17.6 Å². The van der Waals surface area contributed by atoms with Crippen LogP contribution in [-0.4, -0.2) is 47.3 Å². The highest BCUT2D eigenvalue weighted by Gasteiger charge is 2.56. The van der Waals surface area contributed by atoms with Crippen LogP contribution < -0.4 is 5.32 Å². The first-order valence-electron chi connectivity index (χ1n) is 7.50. The molecular formula is C16H21N3O2S. The Morgan fingerprint density at radius 1 is 1.45 bits per heavy atom. The molecule has 6 heteroatoms. The lowest BCUT2D eigenvalue weighted by atomic mass is 9.96. The third kappa shape index (κ3) is 2.30. The first-order chi connectivity index (χ1) is 10.6. The average Bonchev–Trinajstić information content (AvgIpc) is 2.68. The molecule has 2 aliphatic heterocycles. The zero-order valence-electron chi connectivity index (χ0n) is 13.2. The van der Waals surface area contributed by atoms with Crippen LogP contribution in [0.15, 0.2) is 28.8 Å². The lowest BCUT2D eigenvalue weighted by molar-refractivity contribution is -0.150. The molecule has 1 fully saturated rings. The SMILES string of the molecule is CCSC1=C(NC)C(=O)N(Cc2cccc(C)n2)C12COC2. The number of likely N-dealkylation sites (N-methyl/N-ethyl adjacent to an activating group) is 1. The van der Waals surface area contributed by atoms with Crippen LogP contribution >= 0.6 is 11.8 Å². The lowest BCUT2D eigenvalue weighted by Crippen LogP contribution is -2.61. The predicted octanol–water partition coefficient (Wildman–Crippen LogP) is 1.69. The van der Waals surface area contributed by atoms with Crippen LogP contribution in [0.25, 0.3) is 0 Å². The highest BCUT2D eigenvalue weighted by molar-refractivity contribution is 8.03. The van der Waals surface area contributed by atoms with Gasteiger partial charge in [-0.1, -0.05) is 13.0 Å². The summed E-state index contributed by atoms with van der Waals surface area (Å²) in [7, 11) is 1.81. The molecule has 1 spiro atoms. The summed E-state index contributed by atoms with van der Waals surface area (Å²) in [5.74, 6) is 0.983. The van der Waals surface area contributed by atoms with Crippen LogP contribution in [0.4, 0.5) is 0 Å². The van der Waals surface area contributed by atoms with Crippen molar-refractivity contribution >= 4 is 17.7 Å². The van der Waals surface area contributed by atoms with E-state index in [9.17, 15) is 4.79 Å². The van der Waals surface area contributed by atoms with Gasteiger partial charge in [0.05, 0.1) is 25.5 Å². The van der Waals surface area contributed by atoms with Crippen molar-refractivity contribution in [3.63, 3.8) is 0 Å². The second-order valence-electron chi connectivity index (χ2n) is 5.57. The number of pyridine rings is 1. The molecule has 3 heterocycles. The number of carbonyl (C=O) groups is 1. The van der Waals surface area contributed by atoms with Gasteiger partial charge in [-0.2, -0.15) is 0 Å². The van der Waals surface area contributed by atoms with Gasteiger partial charge in [0.2, 0.25) is 0 Å². The van der Waals surface area contributed by atoms with E-state index in [1.165, 1.54) is 0 Å². The molecule has 0 aromatic carbocycles. The number of nitrogens with zero attached hydrogens (tertiary/aromatic N) is 2. The van der Waals surface area contributed by atoms with Crippen molar-refractivity contribution in [2.24, 2.45) is 0 Å². The van der Waals surface area contributed by atoms with E-state index in [1.807, 2.05) is 37.1 Å². The Balaban J connectivity index is 1.93. The number of nitrogens with one attached hydrogen (secondary N) is 1. The smallest absolute Gasteiger partial charge is 0.272 e. The van der Waals surface area contributed by atoms with Gasteiger partial charge < -0.3 is 15.0 Å². The van der Waals surface area contributed by atoms with Gasteiger partial charge in [0.1, 0.15) is 11.2 Å². The zero-order valence-corrected chi connectivity index (χ0v) is 14.0. The van der Waals surface area contributed by atoms with Crippen molar-refractivity contribution < 1.29 is 9.53 Å². The summed E-state index contributed by atoms with van der Waals surface area (Å²) < 4.78 is 5.48. The highest BCUT2D eigenvalue weighted by Crippen LogP contribution is 2.46. The number of amides is 1. The first kappa shape index (κ1) is 15.4. The molecular weight excluding hydrogens is 298 g/mol. The monoisotopic (exact) mass is 319 g/mol. The Kier molecular flexibility index (Phi) is 4.14. The fourth-order valence-electron chi connectivity index (χ4n) is 3.01. The van der Waals surface area contributed by atoms with Crippen LogP contribution in [-0.2, 0) is 16.1 Å². The number of aromatic nitrogens is 1. The van der Waals surface area contributed by atoms with Crippen molar-refractivity contribution in [2.75, 3.05) is 26.0 Å². The standard InChI is InChI=1S/C16H21N3O2S/c1-4-22-14-13(17-3)15(20)19(16(14)9-21-10-16)8-12-7-5-6-11(2)18-12/h5-7,17H,4,8-10H2,1-3H3. The number of carbonyl (C=O) groups excluding carboxylic acids is 1. The number of rotatable bonds is 5. The van der Waals surface area contributed by atoms with E-state index < -0.39 is 0 Å². The van der Waals surface area contributed by atoms with E-state index >= 15 is 0 Å². The number of ether oxygens (including phenoxy) is 1. The quantitative estimate of drug-likeness (QED) is 0.895. The minimum Gasteiger partial charge on any atom is -0.383 e. The maximum absolute atomic E-state index is 12.8. The molecule has 1 aromatic heterocycles. The summed E-state index contributed by atoms with van der Waals surface area (Å²) in [5.41, 5.74) is 2.29. The lowest BCUT2D eigenvalue weighted by Gasteiger charge is -2.46. The second kappa shape index (κ2) is 5.93. The molecule has 5 nitrogen and oxygen atoms in total. The van der Waals surface area contributed by atoms with Crippen molar-refractivity contribution in [3.8, 4) is 0 Å². The Bertz CT molecular complexity index is 626. The van der Waals surface area contributed by atoms with Crippen LogP contribution in [0.5, 0.6) is 0 Å². The third-order valence-electron chi connectivity index (χ3n) is 4.11. The molecule has 1 saturated heterocycles. The fraction of sp³-hybridized carbons (Fsp3) is 0.500. The number of hydrogen-bond donors (Lipinski definition) is 1. The Morgan fingerprint density at radius 2 is 2.23 bits per heavy atom. The van der Waals surface area contributed by atoms with Crippen LogP contribution in [0, 0.1) is 6.92 Å². The fourth-order valence-corrected chi connectivity index (χ4v) is 4.13. The van der Waals surface area contributed by atoms with Crippen molar-refractivity contribution in [3.05, 3.63) is 40.2 Å². The van der Waals surface area contributed by atoms with Crippen molar-refractivity contribution in [1.82, 2.24) is 15.2 Å². The molecule has 0 aliphatic carbocycles. The van der Waals surface area contributed by atoms with Gasteiger partial charge in [-0.3, -0.25) is 9.78 Å². The highest BCUT2D eigenvalue weighted by atomic mass is 32.2. The number of aryl methyl sites for hydroxylation is 1. The zero-order chi connectivity index (χ0) is 15.7. The number of hydrogen-bond acceptors (Lipinski definition) is 5. The summed E-state index contributed by atoms with van der Waals surface area (Å²) in [4.78, 5) is 20.4. The molecule has 0 bridgehead atoms. The molecule has 0 saturated carbocycles. The molecule has 2 aliphatic rings. The maximum atomic E-state index is 12.8. The van der Waals surface area contributed by atoms with Crippen LogP contribution in [0.2, 0.25) is 0 Å². The van der Waals surface area contributed by atoms with Gasteiger partial charge in [0.25, 0.3) is 5.91 Å². The van der Waals surface area contributed by atoms with Gasteiger partial charge in [0.15, 0.2) is 0 Å². The van der Waals surface area contributed by atoms with Crippen molar-refractivity contribution in [2.45, 2.75) is 25.9 Å². The van der Waals surface area contributed by atoms with E-state index in [-0.39, 0.29) is 11.4 Å². The normalized spacial score (nSPS) is 19.8. The van der Waals surface area contributed by atoms with Gasteiger partial charge in [-0.05, 0) is 24.8 Å². The molecule has 1 aromatic rings. The average molecular weight is 319 g/mol. The molecule has 118 valence electrons. The van der Waals surface area contributed by atoms with E-state index in [4.69, 9.17) is 4.74 Å². The molecule has 1 N–H and O–H groups in total. The van der Waals surface area contributed by atoms with E-state index in [0.717, 1.165) is 22.0 Å². The molecule has 3 rings (SSSR count). The maximum Gasteiger partial charge on any atom is 0.272 e. The summed E-state index contributed by atoms with van der Waals surface area (Å²) in [6.45, 7) is 5.72. The molecule has 0 radical (unpaired) electrons. The largest absolute Gasteiger partial charge is 0.383 e. The molecule has 0 atom stereocenters. The molecule has 0 unspecified atom stereocenters. The van der Waals surface area contributed by atoms with Crippen LogP contribution in [0.3, 0.4) is 0 Å². The van der Waals surface area contributed by atoms with E-state index in [1.54, 1.807) is 11.8 Å². The van der Waals surface area contributed by atoms with Gasteiger partial charge in [-0.15, -0.1) is 11.8 Å². The number of thioether (sulfide) groups is 1. The topological polar surface area (TPSA) is 54.5 Å². The second-order valence-corrected chi connectivity index (χ2v) is 6.85. The van der Waals surface area contributed by atoms with Crippen LogP contribution in [0.1, 0.15) is 18.3 Å². The Hall–Kier alpha value is -1.53. The Morgan fingerprint density at radius 3 is 2.77 bits per heavy atom. The molecule has 1 amide bonds.